The van der Waals surface area contributed by atoms with Gasteiger partial charge >= 0.3 is 17.9 Å². The number of hydrogen-bond acceptors (Lipinski definition) is 7. The van der Waals surface area contributed by atoms with Crippen LogP contribution in [0.4, 0.5) is 4.39 Å². The number of ether oxygens (including phenoxy) is 4. The molecule has 0 saturated carbocycles. The van der Waals surface area contributed by atoms with Gasteiger partial charge in [0.25, 0.3) is 0 Å². The highest BCUT2D eigenvalue weighted by Gasteiger charge is 2.50. The number of alkyl halides is 2. The third-order valence-corrected chi connectivity index (χ3v) is 6.19. The first-order chi connectivity index (χ1) is 17.4. The zero-order valence-electron chi connectivity index (χ0n) is 18.9. The lowest BCUT2D eigenvalue weighted by Crippen LogP contribution is -2.58. The van der Waals surface area contributed by atoms with Gasteiger partial charge in [0.05, 0.1) is 16.7 Å². The number of carbonyl (C=O) groups is 3. The maximum atomic E-state index is 15.7. The Morgan fingerprint density at radius 3 is 1.58 bits per heavy atom. The molecule has 0 amide bonds. The van der Waals surface area contributed by atoms with E-state index in [9.17, 15) is 14.4 Å². The number of hydrogen-bond donors (Lipinski definition) is 0. The van der Waals surface area contributed by atoms with Gasteiger partial charge in [-0.1, -0.05) is 70.5 Å². The summed E-state index contributed by atoms with van der Waals surface area (Å²) in [5.74, 6) is -2.20. The van der Waals surface area contributed by atoms with Gasteiger partial charge in [-0.15, -0.1) is 0 Å². The molecule has 1 aliphatic heterocycles. The Kier molecular flexibility index (Phi) is 8.45. The summed E-state index contributed by atoms with van der Waals surface area (Å²) >= 11 is 3.26. The van der Waals surface area contributed by atoms with Crippen molar-refractivity contribution in [3.05, 3.63) is 108 Å². The van der Waals surface area contributed by atoms with E-state index in [2.05, 4.69) is 15.9 Å². The molecule has 0 aromatic heterocycles. The molecule has 3 aromatic carbocycles. The Labute approximate surface area is 215 Å². The van der Waals surface area contributed by atoms with Crippen molar-refractivity contribution < 1.29 is 37.7 Å². The van der Waals surface area contributed by atoms with Crippen molar-refractivity contribution in [2.24, 2.45) is 0 Å². The van der Waals surface area contributed by atoms with Crippen LogP contribution in [-0.2, 0) is 18.9 Å². The summed E-state index contributed by atoms with van der Waals surface area (Å²) in [4.78, 5) is 37.8. The minimum atomic E-state index is -1.97. The molecule has 36 heavy (non-hydrogen) atoms. The average Bonchev–Trinajstić information content (AvgIpc) is 2.92. The van der Waals surface area contributed by atoms with Gasteiger partial charge in [-0.2, -0.15) is 0 Å². The monoisotopic (exact) mass is 556 g/mol. The summed E-state index contributed by atoms with van der Waals surface area (Å²) in [5.41, 5.74) is 0.725. The first kappa shape index (κ1) is 25.5. The fourth-order valence-electron chi connectivity index (χ4n) is 3.59. The predicted octanol–water partition coefficient (Wildman–Crippen LogP) is 4.75. The van der Waals surface area contributed by atoms with Crippen molar-refractivity contribution in [2.45, 2.75) is 29.5 Å². The molecule has 1 fully saturated rings. The highest BCUT2D eigenvalue weighted by molar-refractivity contribution is 9.09. The summed E-state index contributed by atoms with van der Waals surface area (Å²) < 4.78 is 37.6. The van der Waals surface area contributed by atoms with Gasteiger partial charge in [-0.25, -0.2) is 18.8 Å². The fraction of sp³-hybridized carbons (Fsp3) is 0.222. The SMILES string of the molecule is O=C(OC[C@H]1O[C@H](Br)C(OC(=O)c2ccccc2)[C@@H](OC(=O)c2ccccc2)[C@@H]1F)c1ccccc1. The van der Waals surface area contributed by atoms with Crippen LogP contribution in [0.1, 0.15) is 31.1 Å². The molecule has 1 unspecified atom stereocenters. The molecule has 3 aromatic rings. The van der Waals surface area contributed by atoms with Gasteiger partial charge in [-0.05, 0) is 36.4 Å². The van der Waals surface area contributed by atoms with E-state index in [1.807, 2.05) is 0 Å². The molecule has 1 saturated heterocycles. The van der Waals surface area contributed by atoms with Crippen molar-refractivity contribution in [1.29, 1.82) is 0 Å². The second-order valence-electron chi connectivity index (χ2n) is 7.91. The molecular weight excluding hydrogens is 535 g/mol. The lowest BCUT2D eigenvalue weighted by Gasteiger charge is -2.40. The number of esters is 3. The van der Waals surface area contributed by atoms with E-state index < -0.39 is 54.0 Å². The lowest BCUT2D eigenvalue weighted by atomic mass is 10.0. The van der Waals surface area contributed by atoms with E-state index in [1.165, 1.54) is 12.1 Å². The largest absolute Gasteiger partial charge is 0.459 e. The minimum Gasteiger partial charge on any atom is -0.459 e. The Bertz CT molecular complexity index is 1180. The van der Waals surface area contributed by atoms with Gasteiger partial charge in [-0.3, -0.25) is 0 Å². The maximum Gasteiger partial charge on any atom is 0.338 e. The second-order valence-corrected chi connectivity index (χ2v) is 8.81. The van der Waals surface area contributed by atoms with Crippen LogP contribution < -0.4 is 0 Å². The lowest BCUT2D eigenvalue weighted by molar-refractivity contribution is -0.185. The second kappa shape index (κ2) is 11.9. The molecule has 0 spiro atoms. The van der Waals surface area contributed by atoms with Gasteiger partial charge in [0, 0.05) is 0 Å². The molecular formula is C27H22BrFO7. The Morgan fingerprint density at radius 1 is 0.694 bits per heavy atom. The van der Waals surface area contributed by atoms with Crippen LogP contribution in [0, 0.1) is 0 Å². The Hall–Kier alpha value is -3.56. The van der Waals surface area contributed by atoms with Gasteiger partial charge < -0.3 is 18.9 Å². The molecule has 7 nitrogen and oxygen atoms in total. The van der Waals surface area contributed by atoms with E-state index in [4.69, 9.17) is 18.9 Å². The topological polar surface area (TPSA) is 88.1 Å². The number of carbonyl (C=O) groups excluding carboxylic acids is 3. The van der Waals surface area contributed by atoms with Crippen LogP contribution in [0.3, 0.4) is 0 Å². The first-order valence-corrected chi connectivity index (χ1v) is 12.0. The summed E-state index contributed by atoms with van der Waals surface area (Å²) in [6, 6.07) is 24.4. The Morgan fingerprint density at radius 2 is 1.11 bits per heavy atom. The van der Waals surface area contributed by atoms with E-state index in [0.29, 0.717) is 5.56 Å². The predicted molar refractivity (Wildman–Crippen MR) is 130 cm³/mol. The minimum absolute atomic E-state index is 0.197. The molecule has 0 aliphatic carbocycles. The van der Waals surface area contributed by atoms with Crippen LogP contribution in [0.15, 0.2) is 91.0 Å². The smallest absolute Gasteiger partial charge is 0.338 e. The van der Waals surface area contributed by atoms with E-state index in [-0.39, 0.29) is 11.1 Å². The fourth-order valence-corrected chi connectivity index (χ4v) is 4.28. The van der Waals surface area contributed by atoms with Gasteiger partial charge in [0.1, 0.15) is 12.7 Å². The molecule has 0 N–H and O–H groups in total. The molecule has 5 atom stereocenters. The first-order valence-electron chi connectivity index (χ1n) is 11.1. The van der Waals surface area contributed by atoms with Crippen LogP contribution in [0.25, 0.3) is 0 Å². The van der Waals surface area contributed by atoms with Gasteiger partial charge in [0.15, 0.2) is 23.4 Å². The highest BCUT2D eigenvalue weighted by atomic mass is 79.9. The summed E-state index contributed by atoms with van der Waals surface area (Å²) in [6.45, 7) is -0.449. The van der Waals surface area contributed by atoms with E-state index in [0.717, 1.165) is 0 Å². The standard InChI is InChI=1S/C27H22BrFO7/c28-24-23(36-27(32)19-14-8-3-9-15-19)22(35-26(31)18-12-6-2-7-13-18)21(29)20(34-24)16-33-25(30)17-10-4-1-5-11-17/h1-15,20-24H,16H2/t20-,21-,22+,23?,24+/m1/s1. The molecule has 0 bridgehead atoms. The van der Waals surface area contributed by atoms with E-state index in [1.54, 1.807) is 78.9 Å². The number of halogens is 2. The van der Waals surface area contributed by atoms with Gasteiger partial charge in [0.2, 0.25) is 0 Å². The Balaban J connectivity index is 1.52. The van der Waals surface area contributed by atoms with Crippen LogP contribution >= 0.6 is 15.9 Å². The highest BCUT2D eigenvalue weighted by Crippen LogP contribution is 2.32. The summed E-state index contributed by atoms with van der Waals surface area (Å²) in [6.07, 6.45) is -6.11. The number of rotatable bonds is 7. The van der Waals surface area contributed by atoms with Crippen LogP contribution in [-0.4, -0.2) is 54.0 Å². The van der Waals surface area contributed by atoms with Crippen molar-refractivity contribution in [2.75, 3.05) is 6.61 Å². The van der Waals surface area contributed by atoms with Crippen molar-refractivity contribution in [1.82, 2.24) is 0 Å². The third-order valence-electron chi connectivity index (χ3n) is 5.45. The van der Waals surface area contributed by atoms with Crippen LogP contribution in [0.2, 0.25) is 0 Å². The summed E-state index contributed by atoms with van der Waals surface area (Å²) in [7, 11) is 0. The molecule has 4 rings (SSSR count). The van der Waals surface area contributed by atoms with Crippen molar-refractivity contribution in [3.63, 3.8) is 0 Å². The quantitative estimate of drug-likeness (QED) is 0.235. The maximum absolute atomic E-state index is 15.7. The third kappa shape index (κ3) is 6.16. The zero-order valence-corrected chi connectivity index (χ0v) is 20.5. The van der Waals surface area contributed by atoms with Crippen LogP contribution in [0.5, 0.6) is 0 Å². The zero-order chi connectivity index (χ0) is 25.5. The molecule has 186 valence electrons. The molecule has 1 aliphatic rings. The van der Waals surface area contributed by atoms with Crippen molar-refractivity contribution in [3.8, 4) is 0 Å². The molecule has 0 radical (unpaired) electrons. The number of benzene rings is 3. The summed E-state index contributed by atoms with van der Waals surface area (Å²) in [5, 5.41) is -1.05. The molecule has 9 heteroatoms. The van der Waals surface area contributed by atoms with Crippen molar-refractivity contribution >= 4 is 33.8 Å². The molecule has 1 heterocycles. The average molecular weight is 557 g/mol. The normalized spacial score (nSPS) is 23.3. The van der Waals surface area contributed by atoms with E-state index >= 15 is 4.39 Å².